The second kappa shape index (κ2) is 5.34. The van der Waals surface area contributed by atoms with E-state index in [0.717, 1.165) is 11.0 Å². The van der Waals surface area contributed by atoms with Crippen molar-refractivity contribution in [2.75, 3.05) is 0 Å². The van der Waals surface area contributed by atoms with E-state index in [9.17, 15) is 4.79 Å². The molecule has 20 heavy (non-hydrogen) atoms. The van der Waals surface area contributed by atoms with Crippen LogP contribution in [0.1, 0.15) is 46.6 Å². The molecule has 0 aliphatic carbocycles. The fourth-order valence-corrected chi connectivity index (χ4v) is 2.12. The third-order valence-corrected chi connectivity index (χ3v) is 4.30. The Morgan fingerprint density at radius 3 is 2.00 bits per heavy atom. The Hall–Kier alpha value is -1.13. The lowest BCUT2D eigenvalue weighted by atomic mass is 9.78. The highest BCUT2D eigenvalue weighted by Crippen LogP contribution is 2.36. The zero-order valence-corrected chi connectivity index (χ0v) is 13.0. The van der Waals surface area contributed by atoms with Crippen LogP contribution in [0.2, 0.25) is 0 Å². The van der Waals surface area contributed by atoms with Gasteiger partial charge in [0.2, 0.25) is 0 Å². The van der Waals surface area contributed by atoms with Crippen LogP contribution < -0.4 is 5.46 Å². The van der Waals surface area contributed by atoms with E-state index in [1.807, 2.05) is 58.9 Å². The summed E-state index contributed by atoms with van der Waals surface area (Å²) in [5, 5.41) is 0. The Morgan fingerprint density at radius 2 is 1.55 bits per heavy atom. The summed E-state index contributed by atoms with van der Waals surface area (Å²) in [4.78, 5) is 11.4. The third-order valence-electron chi connectivity index (χ3n) is 4.30. The Labute approximate surface area is 121 Å². The predicted octanol–water partition coefficient (Wildman–Crippen LogP) is 2.51. The summed E-state index contributed by atoms with van der Waals surface area (Å²) in [6.45, 7) is 10.1. The maximum absolute atomic E-state index is 11.4. The Balaban J connectivity index is 2.10. The normalized spacial score (nSPS) is 20.1. The minimum absolute atomic E-state index is 0.258. The monoisotopic (exact) mass is 274 g/mol. The van der Waals surface area contributed by atoms with Crippen molar-refractivity contribution in [1.82, 2.24) is 0 Å². The highest BCUT2D eigenvalue weighted by atomic mass is 16.7. The Morgan fingerprint density at radius 1 is 1.05 bits per heavy atom. The number of ketones is 1. The Kier molecular flexibility index (Phi) is 4.08. The second-order valence-corrected chi connectivity index (χ2v) is 6.40. The third kappa shape index (κ3) is 2.96. The summed E-state index contributed by atoms with van der Waals surface area (Å²) in [5.41, 5.74) is 1.39. The molecule has 1 aromatic rings. The van der Waals surface area contributed by atoms with E-state index in [4.69, 9.17) is 9.31 Å². The van der Waals surface area contributed by atoms with E-state index in [1.54, 1.807) is 0 Å². The lowest BCUT2D eigenvalue weighted by Crippen LogP contribution is -2.41. The smallest absolute Gasteiger partial charge is 0.399 e. The SMILES string of the molecule is CCC(=O)Cc1ccc(B2OC(C)(C)C(C)(C)O2)cc1. The lowest BCUT2D eigenvalue weighted by Gasteiger charge is -2.32. The molecule has 0 aromatic heterocycles. The first-order valence-corrected chi connectivity index (χ1v) is 7.21. The van der Waals surface area contributed by atoms with Crippen molar-refractivity contribution in [1.29, 1.82) is 0 Å². The van der Waals surface area contributed by atoms with Gasteiger partial charge in [-0.15, -0.1) is 0 Å². The number of benzene rings is 1. The van der Waals surface area contributed by atoms with Gasteiger partial charge in [0.15, 0.2) is 0 Å². The average molecular weight is 274 g/mol. The van der Waals surface area contributed by atoms with E-state index in [0.29, 0.717) is 12.8 Å². The molecule has 1 aliphatic heterocycles. The van der Waals surface area contributed by atoms with Gasteiger partial charge in [0.1, 0.15) is 5.78 Å². The van der Waals surface area contributed by atoms with Crippen molar-refractivity contribution in [2.45, 2.75) is 58.7 Å². The number of carbonyl (C=O) groups excluding carboxylic acids is 1. The molecule has 0 spiro atoms. The number of hydrogen-bond acceptors (Lipinski definition) is 3. The van der Waals surface area contributed by atoms with E-state index in [2.05, 4.69) is 0 Å². The maximum atomic E-state index is 11.4. The van der Waals surface area contributed by atoms with Gasteiger partial charge in [-0.05, 0) is 38.7 Å². The molecule has 0 N–H and O–H groups in total. The van der Waals surface area contributed by atoms with Crippen LogP contribution in [0.3, 0.4) is 0 Å². The van der Waals surface area contributed by atoms with Crippen LogP contribution in [0.15, 0.2) is 24.3 Å². The van der Waals surface area contributed by atoms with Gasteiger partial charge in [0, 0.05) is 12.8 Å². The molecule has 0 radical (unpaired) electrons. The lowest BCUT2D eigenvalue weighted by molar-refractivity contribution is -0.118. The molecular formula is C16H23BO3. The van der Waals surface area contributed by atoms with Gasteiger partial charge < -0.3 is 9.31 Å². The van der Waals surface area contributed by atoms with E-state index in [1.165, 1.54) is 0 Å². The van der Waals surface area contributed by atoms with Crippen molar-refractivity contribution in [3.05, 3.63) is 29.8 Å². The fourth-order valence-electron chi connectivity index (χ4n) is 2.12. The van der Waals surface area contributed by atoms with Gasteiger partial charge in [-0.2, -0.15) is 0 Å². The van der Waals surface area contributed by atoms with Gasteiger partial charge in [0.25, 0.3) is 0 Å². The molecule has 108 valence electrons. The van der Waals surface area contributed by atoms with Crippen LogP contribution in [0.5, 0.6) is 0 Å². The van der Waals surface area contributed by atoms with Crippen molar-refractivity contribution >= 4 is 18.4 Å². The number of carbonyl (C=O) groups is 1. The molecule has 0 atom stereocenters. The molecule has 4 heteroatoms. The second-order valence-electron chi connectivity index (χ2n) is 6.40. The van der Waals surface area contributed by atoms with Crippen molar-refractivity contribution in [2.24, 2.45) is 0 Å². The number of rotatable bonds is 4. The van der Waals surface area contributed by atoms with Gasteiger partial charge in [-0.3, -0.25) is 4.79 Å². The molecule has 1 aromatic carbocycles. The van der Waals surface area contributed by atoms with Crippen molar-refractivity contribution < 1.29 is 14.1 Å². The first kappa shape index (κ1) is 15.3. The first-order chi connectivity index (χ1) is 9.25. The summed E-state index contributed by atoms with van der Waals surface area (Å²) in [7, 11) is -0.337. The standard InChI is InChI=1S/C16H23BO3/c1-6-14(18)11-12-7-9-13(10-8-12)17-19-15(2,3)16(4,5)20-17/h7-10H,6,11H2,1-5H3. The molecule has 0 unspecified atom stereocenters. The summed E-state index contributed by atoms with van der Waals surface area (Å²) >= 11 is 0. The van der Waals surface area contributed by atoms with Gasteiger partial charge in [-0.25, -0.2) is 0 Å². The molecule has 1 fully saturated rings. The van der Waals surface area contributed by atoms with Crippen LogP contribution in [-0.4, -0.2) is 24.1 Å². The number of Topliss-reactive ketones (excluding diaryl/α,β-unsaturated/α-hetero) is 1. The van der Waals surface area contributed by atoms with Crippen LogP contribution >= 0.6 is 0 Å². The summed E-state index contributed by atoms with van der Waals surface area (Å²) in [5.74, 6) is 0.258. The van der Waals surface area contributed by atoms with E-state index < -0.39 is 0 Å². The first-order valence-electron chi connectivity index (χ1n) is 7.21. The Bertz CT molecular complexity index is 475. The summed E-state index contributed by atoms with van der Waals surface area (Å²) in [6.07, 6.45) is 1.08. The minimum atomic E-state index is -0.337. The largest absolute Gasteiger partial charge is 0.494 e. The molecule has 1 heterocycles. The zero-order valence-electron chi connectivity index (χ0n) is 13.0. The quantitative estimate of drug-likeness (QED) is 0.791. The molecule has 0 saturated carbocycles. The minimum Gasteiger partial charge on any atom is -0.399 e. The molecule has 1 saturated heterocycles. The zero-order chi connectivity index (χ0) is 15.0. The predicted molar refractivity (Wildman–Crippen MR) is 81.2 cm³/mol. The van der Waals surface area contributed by atoms with Gasteiger partial charge in [-0.1, -0.05) is 31.2 Å². The summed E-state index contributed by atoms with van der Waals surface area (Å²) < 4.78 is 12.0. The molecule has 2 rings (SSSR count). The van der Waals surface area contributed by atoms with E-state index >= 15 is 0 Å². The highest BCUT2D eigenvalue weighted by Gasteiger charge is 2.51. The highest BCUT2D eigenvalue weighted by molar-refractivity contribution is 6.62. The van der Waals surface area contributed by atoms with Crippen LogP contribution in [-0.2, 0) is 20.5 Å². The average Bonchev–Trinajstić information content (AvgIpc) is 2.59. The van der Waals surface area contributed by atoms with Crippen LogP contribution in [0.25, 0.3) is 0 Å². The molecule has 1 aliphatic rings. The van der Waals surface area contributed by atoms with Gasteiger partial charge in [0.05, 0.1) is 11.2 Å². The molecule has 0 amide bonds. The summed E-state index contributed by atoms with van der Waals surface area (Å²) in [6, 6.07) is 7.93. The van der Waals surface area contributed by atoms with Crippen LogP contribution in [0.4, 0.5) is 0 Å². The molecule has 3 nitrogen and oxygen atoms in total. The van der Waals surface area contributed by atoms with Gasteiger partial charge >= 0.3 is 7.12 Å². The molecule has 0 bridgehead atoms. The van der Waals surface area contributed by atoms with Crippen molar-refractivity contribution in [3.8, 4) is 0 Å². The maximum Gasteiger partial charge on any atom is 0.494 e. The fraction of sp³-hybridized carbons (Fsp3) is 0.562. The van der Waals surface area contributed by atoms with E-state index in [-0.39, 0.29) is 24.1 Å². The number of hydrogen-bond donors (Lipinski definition) is 0. The molecular weight excluding hydrogens is 251 g/mol. The van der Waals surface area contributed by atoms with Crippen molar-refractivity contribution in [3.63, 3.8) is 0 Å². The van der Waals surface area contributed by atoms with Crippen LogP contribution in [0, 0.1) is 0 Å². The topological polar surface area (TPSA) is 35.5 Å².